The molecule has 2 atom stereocenters. The summed E-state index contributed by atoms with van der Waals surface area (Å²) in [5.41, 5.74) is 3.93. The number of para-hydroxylation sites is 1. The molecule has 0 radical (unpaired) electrons. The number of hydrogen-bond acceptors (Lipinski definition) is 3. The van der Waals surface area contributed by atoms with Gasteiger partial charge >= 0.3 is 5.97 Å². The van der Waals surface area contributed by atoms with Crippen molar-refractivity contribution >= 4 is 60.3 Å². The third kappa shape index (κ3) is 9.29. The number of halogens is 1. The van der Waals surface area contributed by atoms with Crippen LogP contribution < -0.4 is 20.7 Å². The first kappa shape index (κ1) is 46.3. The third-order valence-electron chi connectivity index (χ3n) is 12.5. The molecule has 1 aromatic heterocycles. The molecule has 0 amide bonds. The van der Waals surface area contributed by atoms with Crippen LogP contribution in [0.5, 0.6) is 0 Å². The second-order valence-electron chi connectivity index (χ2n) is 19.2. The second-order valence-corrected chi connectivity index (χ2v) is 27.7. The predicted octanol–water partition coefficient (Wildman–Crippen LogP) is 11.8. The van der Waals surface area contributed by atoms with Crippen molar-refractivity contribution in [3.05, 3.63) is 187 Å². The molecule has 7 aromatic rings. The Labute approximate surface area is 381 Å². The number of aromatic nitrogens is 1. The lowest BCUT2D eigenvalue weighted by Gasteiger charge is -2.47. The highest BCUT2D eigenvalue weighted by Crippen LogP contribution is 2.42. The Kier molecular flexibility index (Phi) is 13.9. The Morgan fingerprint density at radius 2 is 1.05 bits per heavy atom. The summed E-state index contributed by atoms with van der Waals surface area (Å²) >= 11 is 0. The van der Waals surface area contributed by atoms with E-state index in [0.29, 0.717) is 0 Å². The molecule has 8 heteroatoms. The molecule has 0 bridgehead atoms. The first-order valence-electron chi connectivity index (χ1n) is 22.4. The number of nitrogens with zero attached hydrogens (tertiary/aromatic N) is 1. The van der Waals surface area contributed by atoms with Crippen LogP contribution in [0.1, 0.15) is 80.0 Å². The van der Waals surface area contributed by atoms with Crippen LogP contribution in [-0.4, -0.2) is 44.5 Å². The number of rotatable bonds is 16. The highest BCUT2D eigenvalue weighted by molar-refractivity contribution is 7.00. The average Bonchev–Trinajstić information content (AvgIpc) is 3.61. The fourth-order valence-electron chi connectivity index (χ4n) is 9.77. The van der Waals surface area contributed by atoms with Crippen molar-refractivity contribution in [3.63, 3.8) is 0 Å². The topological polar surface area (TPSA) is 60.7 Å². The van der Waals surface area contributed by atoms with Crippen LogP contribution in [0.25, 0.3) is 28.1 Å². The lowest BCUT2D eigenvalue weighted by molar-refractivity contribution is -0.139. The smallest absolute Gasteiger partial charge is 0.305 e. The van der Waals surface area contributed by atoms with Gasteiger partial charge in [-0.25, -0.2) is 4.39 Å². The molecule has 0 saturated carbocycles. The zero-order chi connectivity index (χ0) is 45.7. The van der Waals surface area contributed by atoms with Crippen molar-refractivity contribution in [2.45, 2.75) is 96.6 Å². The molecule has 64 heavy (non-hydrogen) atoms. The summed E-state index contributed by atoms with van der Waals surface area (Å²) in [4.78, 5) is 13.2. The summed E-state index contributed by atoms with van der Waals surface area (Å²) in [5.74, 6) is -1.23. The lowest BCUT2D eigenvalue weighted by atomic mass is 10.0. The minimum absolute atomic E-state index is 0.0769. The lowest BCUT2D eigenvalue weighted by Crippen LogP contribution is -2.69. The van der Waals surface area contributed by atoms with Gasteiger partial charge in [0, 0.05) is 34.6 Å². The van der Waals surface area contributed by atoms with Gasteiger partial charge in [0.2, 0.25) is 0 Å². The number of hydrogen-bond donors (Lipinski definition) is 1. The Morgan fingerprint density at radius 1 is 0.625 bits per heavy atom. The molecule has 0 aliphatic carbocycles. The molecule has 6 aromatic carbocycles. The second kappa shape index (κ2) is 19.2. The molecule has 0 aliphatic rings. The zero-order valence-corrected chi connectivity index (χ0v) is 40.5. The molecule has 7 rings (SSSR count). The van der Waals surface area contributed by atoms with Gasteiger partial charge in [-0.15, -0.1) is 0 Å². The van der Waals surface area contributed by atoms with Gasteiger partial charge in [0.1, 0.15) is 5.82 Å². The van der Waals surface area contributed by atoms with Gasteiger partial charge in [0.25, 0.3) is 16.6 Å². The van der Waals surface area contributed by atoms with E-state index >= 15 is 0 Å². The Balaban J connectivity index is 1.48. The normalized spacial score (nSPS) is 13.7. The van der Waals surface area contributed by atoms with Crippen molar-refractivity contribution in [3.8, 4) is 11.1 Å². The maximum Gasteiger partial charge on any atom is 0.305 e. The quantitative estimate of drug-likeness (QED) is 0.0982. The minimum atomic E-state index is -3.23. The number of carboxylic acids is 1. The monoisotopic (exact) mass is 887 g/mol. The van der Waals surface area contributed by atoms with E-state index in [1.807, 2.05) is 66.7 Å². The number of benzene rings is 6. The molecular formula is C56H62FNO4Si2. The standard InChI is InChI=1S/C56H62FNO4Si2/c1-41(2)58-51-32-22-21-31-50(51)54(42-33-35-43(57)36-34-42)52(58)38-37-44(61-63(55(3,4)5,46-23-13-9-14-24-46)47-25-15-10-16-26-47)39-45(40-53(59)60)62-64(56(6,7)8,48-27-17-11-18-28-48)49-29-19-12-20-30-49/h9-38,41,44-45H,39-40H2,1-8H3,(H,59,60). The van der Waals surface area contributed by atoms with Gasteiger partial charge < -0.3 is 18.5 Å². The summed E-state index contributed by atoms with van der Waals surface area (Å²) in [6.07, 6.45) is 2.99. The SMILES string of the molecule is CC(C)n1c(C=CC(CC(CC(=O)O)O[Si](c2ccccc2)(c2ccccc2)C(C)(C)C)O[Si](c2ccccc2)(c2ccccc2)C(C)(C)C)c(-c2ccc(F)cc2)c2ccccc21. The van der Waals surface area contributed by atoms with Crippen LogP contribution in [0.15, 0.2) is 176 Å². The van der Waals surface area contributed by atoms with E-state index in [0.717, 1.165) is 48.5 Å². The summed E-state index contributed by atoms with van der Waals surface area (Å²) in [6.45, 7) is 17.8. The molecule has 0 aliphatic heterocycles. The Hall–Kier alpha value is -5.65. The van der Waals surface area contributed by atoms with E-state index < -0.39 is 34.8 Å². The fourth-order valence-corrected chi connectivity index (χ4v) is 19.1. The maximum absolute atomic E-state index is 14.5. The largest absolute Gasteiger partial charge is 0.481 e. The number of fused-ring (bicyclic) bond motifs is 1. The zero-order valence-electron chi connectivity index (χ0n) is 38.5. The van der Waals surface area contributed by atoms with E-state index in [9.17, 15) is 14.3 Å². The van der Waals surface area contributed by atoms with Crippen molar-refractivity contribution in [2.75, 3.05) is 0 Å². The van der Waals surface area contributed by atoms with Gasteiger partial charge in [-0.3, -0.25) is 4.79 Å². The van der Waals surface area contributed by atoms with Gasteiger partial charge in [-0.05, 0) is 74.5 Å². The van der Waals surface area contributed by atoms with Gasteiger partial charge in [0.05, 0.1) is 18.6 Å². The third-order valence-corrected chi connectivity index (χ3v) is 22.6. The van der Waals surface area contributed by atoms with E-state index in [1.165, 1.54) is 12.1 Å². The predicted molar refractivity (Wildman–Crippen MR) is 269 cm³/mol. The van der Waals surface area contributed by atoms with Crippen molar-refractivity contribution in [1.82, 2.24) is 4.57 Å². The molecule has 2 unspecified atom stereocenters. The summed E-state index contributed by atoms with van der Waals surface area (Å²) in [6, 6.07) is 57.0. The van der Waals surface area contributed by atoms with Crippen LogP contribution in [0.3, 0.4) is 0 Å². The van der Waals surface area contributed by atoms with Gasteiger partial charge in [-0.2, -0.15) is 0 Å². The molecule has 1 N–H and O–H groups in total. The number of aliphatic carboxylic acids is 1. The summed E-state index contributed by atoms with van der Waals surface area (Å²) in [5, 5.41) is 15.5. The highest BCUT2D eigenvalue weighted by atomic mass is 28.4. The van der Waals surface area contributed by atoms with E-state index in [-0.39, 0.29) is 34.8 Å². The first-order chi connectivity index (χ1) is 30.6. The minimum Gasteiger partial charge on any atom is -0.481 e. The molecular weight excluding hydrogens is 826 g/mol. The molecule has 0 fully saturated rings. The van der Waals surface area contributed by atoms with Crippen LogP contribution in [0.2, 0.25) is 10.1 Å². The van der Waals surface area contributed by atoms with Crippen molar-refractivity contribution in [2.24, 2.45) is 0 Å². The summed E-state index contributed by atoms with van der Waals surface area (Å²) in [7, 11) is -6.45. The van der Waals surface area contributed by atoms with Crippen molar-refractivity contribution < 1.29 is 23.1 Å². The molecule has 1 heterocycles. The highest BCUT2D eigenvalue weighted by Gasteiger charge is 2.54. The average molecular weight is 888 g/mol. The number of carbonyl (C=O) groups is 1. The maximum atomic E-state index is 14.5. The van der Waals surface area contributed by atoms with Crippen LogP contribution >= 0.6 is 0 Å². The van der Waals surface area contributed by atoms with Crippen LogP contribution in [0.4, 0.5) is 4.39 Å². The number of carboxylic acid groups (broad SMARTS) is 1. The molecule has 5 nitrogen and oxygen atoms in total. The molecule has 0 saturated heterocycles. The van der Waals surface area contributed by atoms with Crippen molar-refractivity contribution in [1.29, 1.82) is 0 Å². The molecule has 0 spiro atoms. The Bertz CT molecular complexity index is 2570. The van der Waals surface area contributed by atoms with Crippen LogP contribution in [0, 0.1) is 5.82 Å². The van der Waals surface area contributed by atoms with Gasteiger partial charge in [-0.1, -0.05) is 199 Å². The van der Waals surface area contributed by atoms with E-state index in [2.05, 4.69) is 163 Å². The fraction of sp³-hybridized carbons (Fsp3) is 0.268. The van der Waals surface area contributed by atoms with E-state index in [4.69, 9.17) is 8.85 Å². The Morgan fingerprint density at radius 3 is 1.47 bits per heavy atom. The van der Waals surface area contributed by atoms with Gasteiger partial charge in [0.15, 0.2) is 0 Å². The summed E-state index contributed by atoms with van der Waals surface area (Å²) < 4.78 is 32.5. The van der Waals surface area contributed by atoms with E-state index in [1.54, 1.807) is 0 Å². The van der Waals surface area contributed by atoms with Crippen LogP contribution in [-0.2, 0) is 13.6 Å². The molecule has 330 valence electrons. The first-order valence-corrected chi connectivity index (χ1v) is 26.2.